The van der Waals surface area contributed by atoms with Gasteiger partial charge < -0.3 is 24.2 Å². The maximum Gasteiger partial charge on any atom is 2.00 e. The molecule has 0 aliphatic rings. The SMILES string of the molecule is CCCCCCCCCCCc1cc(S(=O)(=O)O)c(O)cc1Oc1ccccc1.CCCCCCCCCCCc1cc(S(=O)(=O)[O-])c([O-])cc1Oc1ccccc1.[Ca+2]. The summed E-state index contributed by atoms with van der Waals surface area (Å²) in [6.45, 7) is 4.42. The average molecular weight is 879 g/mol. The van der Waals surface area contributed by atoms with Crippen molar-refractivity contribution in [2.24, 2.45) is 0 Å². The van der Waals surface area contributed by atoms with Crippen LogP contribution in [0.4, 0.5) is 0 Å². The van der Waals surface area contributed by atoms with Gasteiger partial charge in [-0.3, -0.25) is 4.55 Å². The number of phenols is 1. The van der Waals surface area contributed by atoms with Crippen molar-refractivity contribution < 1.29 is 45.6 Å². The summed E-state index contributed by atoms with van der Waals surface area (Å²) in [6.07, 6.45) is 22.4. The molecule has 0 spiro atoms. The zero-order chi connectivity index (χ0) is 42.2. The largest absolute Gasteiger partial charge is 2.00 e. The molecule has 59 heavy (non-hydrogen) atoms. The summed E-state index contributed by atoms with van der Waals surface area (Å²) in [6, 6.07) is 23.0. The number of para-hydroxylation sites is 2. The molecular formula is C46H62CaO10S2. The van der Waals surface area contributed by atoms with Gasteiger partial charge in [-0.05, 0) is 79.3 Å². The second-order valence-corrected chi connectivity index (χ2v) is 17.5. The number of aromatic hydroxyl groups is 1. The Hall–Kier alpha value is -2.84. The Morgan fingerprint density at radius 1 is 0.525 bits per heavy atom. The van der Waals surface area contributed by atoms with Crippen LogP contribution in [0.1, 0.15) is 141 Å². The van der Waals surface area contributed by atoms with Gasteiger partial charge in [0, 0.05) is 11.0 Å². The fourth-order valence-electron chi connectivity index (χ4n) is 6.64. The summed E-state index contributed by atoms with van der Waals surface area (Å²) < 4.78 is 78.3. The predicted octanol–water partition coefficient (Wildman–Crippen LogP) is 11.7. The molecule has 320 valence electrons. The molecule has 4 aromatic carbocycles. The molecule has 0 aliphatic carbocycles. The fourth-order valence-corrected chi connectivity index (χ4v) is 7.85. The predicted molar refractivity (Wildman–Crippen MR) is 232 cm³/mol. The van der Waals surface area contributed by atoms with Crippen LogP contribution >= 0.6 is 0 Å². The van der Waals surface area contributed by atoms with E-state index in [9.17, 15) is 36.2 Å². The summed E-state index contributed by atoms with van der Waals surface area (Å²) in [5.41, 5.74) is 1.23. The van der Waals surface area contributed by atoms with E-state index in [1.807, 2.05) is 36.4 Å². The van der Waals surface area contributed by atoms with Crippen molar-refractivity contribution >= 4 is 58.0 Å². The van der Waals surface area contributed by atoms with E-state index in [1.54, 1.807) is 24.3 Å². The standard InChI is InChI=1S/2C23H32O5S.Ca/c2*1-2-3-4-5-6-7-8-9-11-14-19-17-23(29(25,26)27)21(24)18-22(19)28-20-15-12-10-13-16-20;/h2*10,12-13,15-18,24H,2-9,11,14H2,1H3,(H,25,26,27);/q;;+2/p-2. The van der Waals surface area contributed by atoms with Crippen LogP contribution in [0.25, 0.3) is 0 Å². The van der Waals surface area contributed by atoms with E-state index in [0.717, 1.165) is 44.6 Å². The summed E-state index contributed by atoms with van der Waals surface area (Å²) in [5, 5.41) is 22.1. The van der Waals surface area contributed by atoms with Gasteiger partial charge in [0.15, 0.2) is 0 Å². The molecule has 0 aliphatic heterocycles. The molecule has 4 rings (SSSR count). The molecule has 0 amide bonds. The molecule has 13 heteroatoms. The first-order valence-corrected chi connectivity index (χ1v) is 23.8. The van der Waals surface area contributed by atoms with E-state index >= 15 is 0 Å². The van der Waals surface area contributed by atoms with Gasteiger partial charge in [-0.1, -0.05) is 159 Å². The zero-order valence-electron chi connectivity index (χ0n) is 34.9. The molecule has 10 nitrogen and oxygen atoms in total. The Kier molecular flexibility index (Phi) is 25.4. The molecule has 4 aromatic rings. The molecule has 0 saturated carbocycles. The van der Waals surface area contributed by atoms with E-state index in [0.29, 0.717) is 47.0 Å². The minimum Gasteiger partial charge on any atom is -0.872 e. The van der Waals surface area contributed by atoms with Gasteiger partial charge in [0.1, 0.15) is 43.8 Å². The molecule has 2 N–H and O–H groups in total. The van der Waals surface area contributed by atoms with E-state index in [2.05, 4.69) is 13.8 Å². The van der Waals surface area contributed by atoms with Gasteiger partial charge in [0.05, 0.1) is 0 Å². The van der Waals surface area contributed by atoms with Crippen molar-refractivity contribution in [2.75, 3.05) is 0 Å². The molecule has 0 aromatic heterocycles. The molecule has 0 saturated heterocycles. The van der Waals surface area contributed by atoms with Crippen LogP contribution in [-0.4, -0.2) is 68.8 Å². The minimum absolute atomic E-state index is 0. The van der Waals surface area contributed by atoms with Gasteiger partial charge in [-0.2, -0.15) is 8.42 Å². The van der Waals surface area contributed by atoms with Gasteiger partial charge in [0.25, 0.3) is 10.1 Å². The van der Waals surface area contributed by atoms with Crippen LogP contribution < -0.4 is 14.6 Å². The first-order chi connectivity index (χ1) is 27.8. The van der Waals surface area contributed by atoms with Gasteiger partial charge >= 0.3 is 37.7 Å². The van der Waals surface area contributed by atoms with Crippen molar-refractivity contribution in [3.05, 3.63) is 96.1 Å². The van der Waals surface area contributed by atoms with Crippen molar-refractivity contribution in [2.45, 2.75) is 152 Å². The number of benzene rings is 4. The quantitative estimate of drug-likeness (QED) is 0.0351. The van der Waals surface area contributed by atoms with Crippen LogP contribution in [0.2, 0.25) is 0 Å². The molecule has 0 radical (unpaired) electrons. The summed E-state index contributed by atoms with van der Waals surface area (Å²) in [7, 11) is -9.32. The Balaban J connectivity index is 0.000000400. The van der Waals surface area contributed by atoms with Gasteiger partial charge in [-0.25, -0.2) is 8.42 Å². The average Bonchev–Trinajstić information content (AvgIpc) is 3.18. The maximum atomic E-state index is 12.1. The van der Waals surface area contributed by atoms with Crippen LogP contribution in [0.3, 0.4) is 0 Å². The molecular weight excluding hydrogens is 817 g/mol. The first-order valence-electron chi connectivity index (χ1n) is 20.9. The monoisotopic (exact) mass is 878 g/mol. The number of unbranched alkanes of at least 4 members (excludes halogenated alkanes) is 16. The van der Waals surface area contributed by atoms with Gasteiger partial charge in [0.2, 0.25) is 0 Å². The fraction of sp³-hybridized carbons (Fsp3) is 0.478. The van der Waals surface area contributed by atoms with E-state index in [-0.39, 0.29) is 37.7 Å². The molecule has 0 heterocycles. The number of hydrogen-bond donors (Lipinski definition) is 2. The Bertz CT molecular complexity index is 1850. The van der Waals surface area contributed by atoms with Crippen LogP contribution in [0.15, 0.2) is 94.7 Å². The van der Waals surface area contributed by atoms with Crippen molar-refractivity contribution in [3.8, 4) is 34.5 Å². The maximum absolute atomic E-state index is 12.1. The Morgan fingerprint density at radius 3 is 1.25 bits per heavy atom. The number of ether oxygens (including phenoxy) is 2. The van der Waals surface area contributed by atoms with E-state index < -0.39 is 41.5 Å². The zero-order valence-corrected chi connectivity index (χ0v) is 38.8. The van der Waals surface area contributed by atoms with E-state index in [1.165, 1.54) is 95.2 Å². The Labute approximate surface area is 383 Å². The third kappa shape index (κ3) is 20.5. The van der Waals surface area contributed by atoms with Crippen molar-refractivity contribution in [3.63, 3.8) is 0 Å². The Morgan fingerprint density at radius 2 is 0.881 bits per heavy atom. The number of aryl methyl sites for hydroxylation is 2. The smallest absolute Gasteiger partial charge is 0.872 e. The summed E-state index contributed by atoms with van der Waals surface area (Å²) in [4.78, 5) is -1.19. The third-order valence-electron chi connectivity index (χ3n) is 9.86. The van der Waals surface area contributed by atoms with Crippen molar-refractivity contribution in [1.82, 2.24) is 0 Å². The van der Waals surface area contributed by atoms with Crippen LogP contribution in [-0.2, 0) is 33.1 Å². The van der Waals surface area contributed by atoms with Crippen molar-refractivity contribution in [1.29, 1.82) is 0 Å². The minimum atomic E-state index is -4.81. The second kappa shape index (κ2) is 28.6. The molecule has 0 unspecified atom stereocenters. The third-order valence-corrected chi connectivity index (χ3v) is 11.6. The number of hydrogen-bond acceptors (Lipinski definition) is 9. The summed E-state index contributed by atoms with van der Waals surface area (Å²) in [5.74, 6) is 0.516. The van der Waals surface area contributed by atoms with E-state index in [4.69, 9.17) is 9.47 Å². The first kappa shape index (κ1) is 52.3. The normalized spacial score (nSPS) is 11.3. The summed E-state index contributed by atoms with van der Waals surface area (Å²) >= 11 is 0. The number of phenolic OH excluding ortho intramolecular Hbond substituents is 1. The number of rotatable bonds is 26. The van der Waals surface area contributed by atoms with Crippen LogP contribution in [0, 0.1) is 0 Å². The molecule has 0 atom stereocenters. The van der Waals surface area contributed by atoms with Crippen LogP contribution in [0.5, 0.6) is 34.5 Å². The molecule has 0 bridgehead atoms. The molecule has 0 fully saturated rings. The van der Waals surface area contributed by atoms with Gasteiger partial charge in [-0.15, -0.1) is 0 Å². The topological polar surface area (TPSA) is 173 Å². The second-order valence-electron chi connectivity index (χ2n) is 14.8.